The van der Waals surface area contributed by atoms with Crippen molar-refractivity contribution in [3.63, 3.8) is 0 Å². The van der Waals surface area contributed by atoms with Crippen LogP contribution in [0.4, 0.5) is 4.79 Å². The van der Waals surface area contributed by atoms with Crippen LogP contribution in [0, 0.1) is 0 Å². The van der Waals surface area contributed by atoms with Gasteiger partial charge < -0.3 is 16.4 Å². The molecule has 3 amide bonds. The summed E-state index contributed by atoms with van der Waals surface area (Å²) in [7, 11) is 0. The Morgan fingerprint density at radius 3 is 2.69 bits per heavy atom. The Morgan fingerprint density at radius 2 is 2.06 bits per heavy atom. The van der Waals surface area contributed by atoms with Crippen LogP contribution >= 0.6 is 11.6 Å². The second-order valence-corrected chi connectivity index (χ2v) is 3.31. The number of nitrogens with one attached hydrogen (secondary N) is 2. The first-order valence-corrected chi connectivity index (χ1v) is 4.90. The van der Waals surface area contributed by atoms with Gasteiger partial charge in [-0.15, -0.1) is 0 Å². The predicted octanol–water partition coefficient (Wildman–Crippen LogP) is 0.133. The van der Waals surface area contributed by atoms with Crippen LogP contribution in [0.5, 0.6) is 0 Å². The molecule has 1 heterocycles. The fraction of sp³-hybridized carbons (Fsp3) is 0.222. The van der Waals surface area contributed by atoms with Gasteiger partial charge in [0, 0.05) is 25.5 Å². The van der Waals surface area contributed by atoms with Crippen molar-refractivity contribution < 1.29 is 9.59 Å². The molecule has 0 aliphatic rings. The van der Waals surface area contributed by atoms with Crippen LogP contribution < -0.4 is 16.4 Å². The van der Waals surface area contributed by atoms with E-state index < -0.39 is 6.03 Å². The number of hydrogen-bond donors (Lipinski definition) is 3. The summed E-state index contributed by atoms with van der Waals surface area (Å²) in [5.41, 5.74) is 5.15. The lowest BCUT2D eigenvalue weighted by atomic mass is 10.2. The number of urea groups is 1. The molecule has 1 rings (SSSR count). The van der Waals surface area contributed by atoms with Crippen molar-refractivity contribution in [2.24, 2.45) is 5.73 Å². The van der Waals surface area contributed by atoms with Gasteiger partial charge in [0.15, 0.2) is 0 Å². The number of primary amides is 1. The number of pyridine rings is 1. The van der Waals surface area contributed by atoms with E-state index in [1.807, 2.05) is 0 Å². The van der Waals surface area contributed by atoms with Gasteiger partial charge in [-0.2, -0.15) is 0 Å². The quantitative estimate of drug-likeness (QED) is 0.655. The standard InChI is InChI=1S/C9H11ClN4O2/c10-7-1-2-12-5-6(7)8(15)13-3-4-14-9(11)16/h1-2,5H,3-4H2,(H,13,15)(H3,11,14,16). The van der Waals surface area contributed by atoms with Gasteiger partial charge in [-0.05, 0) is 6.07 Å². The number of amides is 3. The molecule has 6 nitrogen and oxygen atoms in total. The van der Waals surface area contributed by atoms with E-state index in [1.54, 1.807) is 0 Å². The molecule has 4 N–H and O–H groups in total. The zero-order chi connectivity index (χ0) is 12.0. The van der Waals surface area contributed by atoms with Crippen LogP contribution in [0.25, 0.3) is 0 Å². The van der Waals surface area contributed by atoms with Crippen LogP contribution in [0.1, 0.15) is 10.4 Å². The fourth-order valence-corrected chi connectivity index (χ4v) is 1.19. The SMILES string of the molecule is NC(=O)NCCNC(=O)c1cnccc1Cl. The van der Waals surface area contributed by atoms with E-state index >= 15 is 0 Å². The summed E-state index contributed by atoms with van der Waals surface area (Å²) in [6.45, 7) is 0.534. The van der Waals surface area contributed by atoms with Crippen molar-refractivity contribution in [3.05, 3.63) is 29.0 Å². The molecule has 0 aromatic carbocycles. The molecule has 1 aromatic rings. The Kier molecular flexibility index (Phi) is 4.53. The second kappa shape index (κ2) is 5.92. The minimum Gasteiger partial charge on any atom is -0.352 e. The van der Waals surface area contributed by atoms with Crippen LogP contribution in [-0.4, -0.2) is 30.0 Å². The Hall–Kier alpha value is -1.82. The maximum Gasteiger partial charge on any atom is 0.312 e. The van der Waals surface area contributed by atoms with E-state index in [4.69, 9.17) is 17.3 Å². The summed E-state index contributed by atoms with van der Waals surface area (Å²) < 4.78 is 0. The molecule has 0 saturated carbocycles. The number of hydrogen-bond acceptors (Lipinski definition) is 3. The lowest BCUT2D eigenvalue weighted by Crippen LogP contribution is -2.37. The van der Waals surface area contributed by atoms with Crippen molar-refractivity contribution in [3.8, 4) is 0 Å². The lowest BCUT2D eigenvalue weighted by Gasteiger charge is -2.06. The number of carbonyl (C=O) groups excluding carboxylic acids is 2. The highest BCUT2D eigenvalue weighted by Gasteiger charge is 2.08. The predicted molar refractivity (Wildman–Crippen MR) is 59.2 cm³/mol. The van der Waals surface area contributed by atoms with Crippen LogP contribution in [0.15, 0.2) is 18.5 Å². The van der Waals surface area contributed by atoms with Crippen LogP contribution in [0.3, 0.4) is 0 Å². The molecular formula is C9H11ClN4O2. The summed E-state index contributed by atoms with van der Waals surface area (Å²) >= 11 is 5.79. The first kappa shape index (κ1) is 12.3. The molecule has 0 fully saturated rings. The van der Waals surface area contributed by atoms with Gasteiger partial charge in [0.1, 0.15) is 0 Å². The molecule has 16 heavy (non-hydrogen) atoms. The molecule has 0 bridgehead atoms. The number of nitrogens with zero attached hydrogens (tertiary/aromatic N) is 1. The van der Waals surface area contributed by atoms with Crippen molar-refractivity contribution >= 4 is 23.5 Å². The summed E-state index contributed by atoms with van der Waals surface area (Å²) in [6, 6.07) is 0.895. The number of aromatic nitrogens is 1. The van der Waals surface area contributed by atoms with Gasteiger partial charge in [0.2, 0.25) is 0 Å². The highest BCUT2D eigenvalue weighted by atomic mass is 35.5. The highest BCUT2D eigenvalue weighted by molar-refractivity contribution is 6.33. The minimum atomic E-state index is -0.631. The van der Waals surface area contributed by atoms with Crippen molar-refractivity contribution in [1.82, 2.24) is 15.6 Å². The molecule has 0 aliphatic carbocycles. The summed E-state index contributed by atoms with van der Waals surface area (Å²) in [6.07, 6.45) is 2.87. The Morgan fingerprint density at radius 1 is 1.38 bits per heavy atom. The Balaban J connectivity index is 2.41. The third kappa shape index (κ3) is 3.74. The smallest absolute Gasteiger partial charge is 0.312 e. The Labute approximate surface area is 97.2 Å². The molecule has 0 saturated heterocycles. The van der Waals surface area contributed by atoms with E-state index in [2.05, 4.69) is 15.6 Å². The minimum absolute atomic E-state index is 0.263. The highest BCUT2D eigenvalue weighted by Crippen LogP contribution is 2.12. The maximum atomic E-state index is 11.5. The molecular weight excluding hydrogens is 232 g/mol. The second-order valence-electron chi connectivity index (χ2n) is 2.90. The molecule has 0 unspecified atom stereocenters. The topological polar surface area (TPSA) is 97.1 Å². The van der Waals surface area contributed by atoms with Crippen LogP contribution in [0.2, 0.25) is 5.02 Å². The molecule has 86 valence electrons. The lowest BCUT2D eigenvalue weighted by molar-refractivity contribution is 0.0953. The van der Waals surface area contributed by atoms with E-state index in [9.17, 15) is 9.59 Å². The normalized spacial score (nSPS) is 9.56. The van der Waals surface area contributed by atoms with E-state index in [0.717, 1.165) is 0 Å². The monoisotopic (exact) mass is 242 g/mol. The summed E-state index contributed by atoms with van der Waals surface area (Å²) in [4.78, 5) is 25.7. The Bertz CT molecular complexity index is 397. The third-order valence-electron chi connectivity index (χ3n) is 1.72. The van der Waals surface area contributed by atoms with Crippen LogP contribution in [-0.2, 0) is 0 Å². The molecule has 0 atom stereocenters. The van der Waals surface area contributed by atoms with Crippen molar-refractivity contribution in [2.45, 2.75) is 0 Å². The summed E-state index contributed by atoms with van der Waals surface area (Å²) in [5, 5.41) is 5.23. The molecule has 7 heteroatoms. The van der Waals surface area contributed by atoms with Gasteiger partial charge in [-0.25, -0.2) is 4.79 Å². The first-order valence-electron chi connectivity index (χ1n) is 4.52. The van der Waals surface area contributed by atoms with E-state index in [-0.39, 0.29) is 19.0 Å². The zero-order valence-electron chi connectivity index (χ0n) is 8.37. The number of rotatable bonds is 4. The molecule has 0 spiro atoms. The third-order valence-corrected chi connectivity index (χ3v) is 2.05. The number of halogens is 1. The van der Waals surface area contributed by atoms with Gasteiger partial charge in [0.25, 0.3) is 5.91 Å². The molecule has 0 radical (unpaired) electrons. The largest absolute Gasteiger partial charge is 0.352 e. The first-order chi connectivity index (χ1) is 7.61. The van der Waals surface area contributed by atoms with Gasteiger partial charge in [0.05, 0.1) is 10.6 Å². The van der Waals surface area contributed by atoms with Gasteiger partial charge in [-0.3, -0.25) is 9.78 Å². The number of carbonyl (C=O) groups is 2. The zero-order valence-corrected chi connectivity index (χ0v) is 9.12. The fourth-order valence-electron chi connectivity index (χ4n) is 1.00. The van der Waals surface area contributed by atoms with Crippen molar-refractivity contribution in [2.75, 3.05) is 13.1 Å². The van der Waals surface area contributed by atoms with E-state index in [1.165, 1.54) is 18.5 Å². The van der Waals surface area contributed by atoms with Gasteiger partial charge in [-0.1, -0.05) is 11.6 Å². The average Bonchev–Trinajstić information content (AvgIpc) is 2.24. The average molecular weight is 243 g/mol. The molecule has 1 aromatic heterocycles. The summed E-state index contributed by atoms with van der Waals surface area (Å²) in [5.74, 6) is -0.343. The van der Waals surface area contributed by atoms with Gasteiger partial charge >= 0.3 is 6.03 Å². The molecule has 0 aliphatic heterocycles. The maximum absolute atomic E-state index is 11.5. The van der Waals surface area contributed by atoms with E-state index in [0.29, 0.717) is 10.6 Å². The number of nitrogens with two attached hydrogens (primary N) is 1. The van der Waals surface area contributed by atoms with Crippen molar-refractivity contribution in [1.29, 1.82) is 0 Å².